The molecule has 0 heterocycles. The van der Waals surface area contributed by atoms with Crippen LogP contribution in [0.4, 0.5) is 17.1 Å². The Morgan fingerprint density at radius 2 is 1.00 bits per heavy atom. The molecule has 162 valence electrons. The Kier molecular flexibility index (Phi) is 6.86. The van der Waals surface area contributed by atoms with Crippen molar-refractivity contribution in [3.63, 3.8) is 0 Å². The Morgan fingerprint density at radius 1 is 0.645 bits per heavy atom. The summed E-state index contributed by atoms with van der Waals surface area (Å²) in [5, 5.41) is 2.56. The lowest BCUT2D eigenvalue weighted by atomic mass is 10.3. The maximum absolute atomic E-state index is 12.6. The SMILES string of the molecule is CC(=O)Nc1ccc(S(=O)(=O)Nc2ccc(S(=O)(=O)Nc3ccc(I)cc3)cc2)cc1. The van der Waals surface area contributed by atoms with Gasteiger partial charge in [0.15, 0.2) is 0 Å². The highest BCUT2D eigenvalue weighted by Gasteiger charge is 2.17. The summed E-state index contributed by atoms with van der Waals surface area (Å²) >= 11 is 2.12. The third kappa shape index (κ3) is 6.18. The molecule has 3 rings (SSSR count). The predicted octanol–water partition coefficient (Wildman–Crippen LogP) is 3.85. The number of hydrogen-bond donors (Lipinski definition) is 3. The number of anilines is 3. The number of carbonyl (C=O) groups excluding carboxylic acids is 1. The molecule has 8 nitrogen and oxygen atoms in total. The van der Waals surface area contributed by atoms with Gasteiger partial charge in [0, 0.05) is 27.6 Å². The molecule has 0 radical (unpaired) electrons. The number of nitrogens with one attached hydrogen (secondary N) is 3. The number of amides is 1. The molecule has 0 saturated heterocycles. The van der Waals surface area contributed by atoms with Crippen LogP contribution < -0.4 is 14.8 Å². The van der Waals surface area contributed by atoms with E-state index in [1.807, 2.05) is 0 Å². The molecule has 0 aliphatic carbocycles. The van der Waals surface area contributed by atoms with Crippen LogP contribution in [-0.4, -0.2) is 22.7 Å². The van der Waals surface area contributed by atoms with E-state index in [4.69, 9.17) is 0 Å². The van der Waals surface area contributed by atoms with Crippen molar-refractivity contribution in [2.45, 2.75) is 16.7 Å². The molecule has 0 aromatic heterocycles. The molecule has 0 saturated carbocycles. The second-order valence-corrected chi connectivity index (χ2v) is 11.1. The zero-order chi connectivity index (χ0) is 22.6. The summed E-state index contributed by atoms with van der Waals surface area (Å²) in [5.74, 6) is -0.264. The van der Waals surface area contributed by atoms with E-state index in [2.05, 4.69) is 37.4 Å². The number of benzene rings is 3. The highest BCUT2D eigenvalue weighted by atomic mass is 127. The second-order valence-electron chi connectivity index (χ2n) is 6.45. The van der Waals surface area contributed by atoms with E-state index >= 15 is 0 Å². The molecule has 0 spiro atoms. The standard InChI is InChI=1S/C20H18IN3O5S2/c1-14(25)22-16-6-10-19(11-7-16)30(26,27)24-18-8-12-20(13-9-18)31(28,29)23-17-4-2-15(21)3-5-17/h2-13,23-24H,1H3,(H,22,25). The molecule has 0 unspecified atom stereocenters. The van der Waals surface area contributed by atoms with Gasteiger partial charge in [0.05, 0.1) is 9.79 Å². The Bertz CT molecular complexity index is 1290. The molecular formula is C20H18IN3O5S2. The highest BCUT2D eigenvalue weighted by Crippen LogP contribution is 2.22. The van der Waals surface area contributed by atoms with E-state index in [-0.39, 0.29) is 21.4 Å². The van der Waals surface area contributed by atoms with Crippen molar-refractivity contribution in [1.29, 1.82) is 0 Å². The molecule has 11 heteroatoms. The van der Waals surface area contributed by atoms with Crippen molar-refractivity contribution < 1.29 is 21.6 Å². The fourth-order valence-electron chi connectivity index (χ4n) is 2.57. The van der Waals surface area contributed by atoms with Gasteiger partial charge < -0.3 is 5.32 Å². The third-order valence-corrected chi connectivity index (χ3v) is 7.51. The van der Waals surface area contributed by atoms with Crippen molar-refractivity contribution in [3.8, 4) is 0 Å². The minimum atomic E-state index is -3.89. The summed E-state index contributed by atoms with van der Waals surface area (Å²) in [6, 6.07) is 17.9. The van der Waals surface area contributed by atoms with Crippen LogP contribution in [0.25, 0.3) is 0 Å². The first-order chi connectivity index (χ1) is 14.5. The van der Waals surface area contributed by atoms with Crippen LogP contribution in [0.3, 0.4) is 0 Å². The molecule has 0 fully saturated rings. The molecular weight excluding hydrogens is 553 g/mol. The smallest absolute Gasteiger partial charge is 0.261 e. The average molecular weight is 571 g/mol. The summed E-state index contributed by atoms with van der Waals surface area (Å²) < 4.78 is 56.0. The predicted molar refractivity (Wildman–Crippen MR) is 128 cm³/mol. The van der Waals surface area contributed by atoms with Gasteiger partial charge >= 0.3 is 0 Å². The molecule has 0 atom stereocenters. The van der Waals surface area contributed by atoms with E-state index in [0.29, 0.717) is 11.4 Å². The summed E-state index contributed by atoms with van der Waals surface area (Å²) in [4.78, 5) is 11.1. The Hall–Kier alpha value is -2.64. The molecule has 0 aliphatic rings. The normalized spacial score (nSPS) is 11.5. The number of hydrogen-bond acceptors (Lipinski definition) is 5. The lowest BCUT2D eigenvalue weighted by Gasteiger charge is -2.11. The van der Waals surface area contributed by atoms with Crippen molar-refractivity contribution in [3.05, 3.63) is 76.4 Å². The topological polar surface area (TPSA) is 121 Å². The van der Waals surface area contributed by atoms with Crippen molar-refractivity contribution in [1.82, 2.24) is 0 Å². The molecule has 3 aromatic carbocycles. The monoisotopic (exact) mass is 571 g/mol. The van der Waals surface area contributed by atoms with E-state index < -0.39 is 20.0 Å². The Balaban J connectivity index is 1.73. The van der Waals surface area contributed by atoms with Crippen LogP contribution in [0.5, 0.6) is 0 Å². The second kappa shape index (κ2) is 9.24. The first-order valence-electron chi connectivity index (χ1n) is 8.84. The van der Waals surface area contributed by atoms with Gasteiger partial charge in [-0.1, -0.05) is 0 Å². The van der Waals surface area contributed by atoms with E-state index in [1.54, 1.807) is 24.3 Å². The van der Waals surface area contributed by atoms with E-state index in [1.165, 1.54) is 55.5 Å². The summed E-state index contributed by atoms with van der Waals surface area (Å²) in [6.45, 7) is 1.35. The quantitative estimate of drug-likeness (QED) is 0.372. The van der Waals surface area contributed by atoms with Gasteiger partial charge in [-0.3, -0.25) is 14.2 Å². The molecule has 3 N–H and O–H groups in total. The van der Waals surface area contributed by atoms with Gasteiger partial charge in [0.2, 0.25) is 5.91 Å². The van der Waals surface area contributed by atoms with Gasteiger partial charge in [-0.2, -0.15) is 0 Å². The zero-order valence-electron chi connectivity index (χ0n) is 16.2. The minimum absolute atomic E-state index is 0.00123. The maximum atomic E-state index is 12.6. The first-order valence-corrected chi connectivity index (χ1v) is 12.9. The Morgan fingerprint density at radius 3 is 1.39 bits per heavy atom. The lowest BCUT2D eigenvalue weighted by molar-refractivity contribution is -0.114. The third-order valence-electron chi connectivity index (χ3n) is 4.00. The van der Waals surface area contributed by atoms with E-state index in [9.17, 15) is 21.6 Å². The van der Waals surface area contributed by atoms with Crippen LogP contribution in [0.15, 0.2) is 82.6 Å². The van der Waals surface area contributed by atoms with Gasteiger partial charge in [0.1, 0.15) is 0 Å². The maximum Gasteiger partial charge on any atom is 0.261 e. The van der Waals surface area contributed by atoms with Crippen molar-refractivity contribution in [2.75, 3.05) is 14.8 Å². The van der Waals surface area contributed by atoms with E-state index in [0.717, 1.165) is 3.57 Å². The fraction of sp³-hybridized carbons (Fsp3) is 0.0500. The number of carbonyl (C=O) groups is 1. The minimum Gasteiger partial charge on any atom is -0.326 e. The van der Waals surface area contributed by atoms with Gasteiger partial charge in [-0.15, -0.1) is 0 Å². The largest absolute Gasteiger partial charge is 0.326 e. The number of sulfonamides is 2. The average Bonchev–Trinajstić information content (AvgIpc) is 2.70. The summed E-state index contributed by atoms with van der Waals surface area (Å²) in [5.41, 5.74) is 1.11. The van der Waals surface area contributed by atoms with Gasteiger partial charge in [-0.05, 0) is 95.4 Å². The first kappa shape index (κ1) is 23.0. The fourth-order valence-corrected chi connectivity index (χ4v) is 5.05. The van der Waals surface area contributed by atoms with Crippen molar-refractivity contribution in [2.24, 2.45) is 0 Å². The molecule has 0 aliphatic heterocycles. The van der Waals surface area contributed by atoms with Crippen LogP contribution in [0.1, 0.15) is 6.92 Å². The highest BCUT2D eigenvalue weighted by molar-refractivity contribution is 14.1. The van der Waals surface area contributed by atoms with Crippen LogP contribution in [0, 0.1) is 3.57 Å². The van der Waals surface area contributed by atoms with Gasteiger partial charge in [-0.25, -0.2) is 16.8 Å². The summed E-state index contributed by atoms with van der Waals surface area (Å²) in [7, 11) is -7.71. The number of rotatable bonds is 7. The van der Waals surface area contributed by atoms with Crippen molar-refractivity contribution >= 4 is 65.6 Å². The summed E-state index contributed by atoms with van der Waals surface area (Å²) in [6.07, 6.45) is 0. The van der Waals surface area contributed by atoms with Crippen LogP contribution in [0.2, 0.25) is 0 Å². The van der Waals surface area contributed by atoms with Crippen LogP contribution >= 0.6 is 22.6 Å². The zero-order valence-corrected chi connectivity index (χ0v) is 20.0. The Labute approximate surface area is 194 Å². The molecule has 1 amide bonds. The molecule has 31 heavy (non-hydrogen) atoms. The molecule has 0 bridgehead atoms. The van der Waals surface area contributed by atoms with Crippen LogP contribution in [-0.2, 0) is 24.8 Å². The lowest BCUT2D eigenvalue weighted by Crippen LogP contribution is -2.15. The number of halogens is 1. The van der Waals surface area contributed by atoms with Gasteiger partial charge in [0.25, 0.3) is 20.0 Å². The molecule has 3 aromatic rings.